The summed E-state index contributed by atoms with van der Waals surface area (Å²) < 4.78 is 17.6. The van der Waals surface area contributed by atoms with Gasteiger partial charge in [-0.25, -0.2) is 9.97 Å². The minimum absolute atomic E-state index is 0.0286. The van der Waals surface area contributed by atoms with E-state index in [0.717, 1.165) is 55.8 Å². The van der Waals surface area contributed by atoms with Crippen molar-refractivity contribution in [2.24, 2.45) is 0 Å². The molecule has 9 heteroatoms. The van der Waals surface area contributed by atoms with Crippen molar-refractivity contribution in [3.05, 3.63) is 41.7 Å². The van der Waals surface area contributed by atoms with Gasteiger partial charge in [-0.1, -0.05) is 11.6 Å². The van der Waals surface area contributed by atoms with Crippen LogP contribution in [-0.2, 0) is 0 Å². The van der Waals surface area contributed by atoms with Crippen LogP contribution in [0.3, 0.4) is 0 Å². The average Bonchev–Trinajstić information content (AvgIpc) is 2.84. The maximum Gasteiger partial charge on any atom is 0.145 e. The molecule has 0 aliphatic carbocycles. The highest BCUT2D eigenvalue weighted by Gasteiger charge is 2.17. The number of anilines is 2. The van der Waals surface area contributed by atoms with Gasteiger partial charge in [0.25, 0.3) is 0 Å². The molecule has 1 aliphatic rings. The van der Waals surface area contributed by atoms with Gasteiger partial charge in [0.1, 0.15) is 29.4 Å². The average molecular weight is 500 g/mol. The second-order valence-electron chi connectivity index (χ2n) is 9.02. The molecule has 0 amide bonds. The third-order valence-corrected chi connectivity index (χ3v) is 6.28. The summed E-state index contributed by atoms with van der Waals surface area (Å²) in [5.41, 5.74) is 1.42. The summed E-state index contributed by atoms with van der Waals surface area (Å²) in [7, 11) is 3.79. The molecule has 0 radical (unpaired) electrons. The SMILES string of the molecule is COc1ccc(Cl)c(Nc2ncnc3cc(OCCCN4CCN(C)CC4)cc(OC(C)C)c23)c1. The second-order valence-corrected chi connectivity index (χ2v) is 9.43. The fourth-order valence-corrected chi connectivity index (χ4v) is 4.22. The lowest BCUT2D eigenvalue weighted by Crippen LogP contribution is -2.44. The summed E-state index contributed by atoms with van der Waals surface area (Å²) in [6.45, 7) is 10.1. The highest BCUT2D eigenvalue weighted by molar-refractivity contribution is 6.33. The summed E-state index contributed by atoms with van der Waals surface area (Å²) in [4.78, 5) is 13.8. The number of fused-ring (bicyclic) bond motifs is 1. The van der Waals surface area contributed by atoms with Crippen molar-refractivity contribution in [3.63, 3.8) is 0 Å². The number of nitrogens with zero attached hydrogens (tertiary/aromatic N) is 4. The fraction of sp³-hybridized carbons (Fsp3) is 0.462. The standard InChI is InChI=1S/C26H34ClN5O3/c1-18(2)35-24-16-20(34-13-5-8-32-11-9-31(3)10-12-32)15-23-25(24)26(29-17-28-23)30-22-14-19(33-4)6-7-21(22)27/h6-7,14-18H,5,8-13H2,1-4H3,(H,28,29,30). The molecule has 35 heavy (non-hydrogen) atoms. The lowest BCUT2D eigenvalue weighted by Gasteiger charge is -2.32. The Morgan fingerprint density at radius 2 is 1.86 bits per heavy atom. The normalized spacial score (nSPS) is 14.9. The molecule has 1 aliphatic heterocycles. The predicted octanol–water partition coefficient (Wildman–Crippen LogP) is 4.84. The lowest BCUT2D eigenvalue weighted by atomic mass is 10.2. The van der Waals surface area contributed by atoms with Gasteiger partial charge < -0.3 is 29.3 Å². The van der Waals surface area contributed by atoms with Crippen molar-refractivity contribution in [2.45, 2.75) is 26.4 Å². The molecule has 0 unspecified atom stereocenters. The van der Waals surface area contributed by atoms with Crippen molar-refractivity contribution in [3.8, 4) is 17.2 Å². The first-order valence-corrected chi connectivity index (χ1v) is 12.4. The van der Waals surface area contributed by atoms with Crippen LogP contribution in [0, 0.1) is 0 Å². The highest BCUT2D eigenvalue weighted by atomic mass is 35.5. The fourth-order valence-electron chi connectivity index (χ4n) is 4.06. The van der Waals surface area contributed by atoms with Crippen LogP contribution >= 0.6 is 11.6 Å². The van der Waals surface area contributed by atoms with Crippen molar-refractivity contribution >= 4 is 34.0 Å². The van der Waals surface area contributed by atoms with E-state index in [9.17, 15) is 0 Å². The maximum absolute atomic E-state index is 6.42. The lowest BCUT2D eigenvalue weighted by molar-refractivity contribution is 0.145. The molecule has 8 nitrogen and oxygen atoms in total. The van der Waals surface area contributed by atoms with Gasteiger partial charge in [0, 0.05) is 50.9 Å². The molecule has 4 rings (SSSR count). The molecule has 188 valence electrons. The molecule has 1 aromatic heterocycles. The van der Waals surface area contributed by atoms with E-state index in [1.54, 1.807) is 13.2 Å². The first kappa shape index (κ1) is 25.3. The summed E-state index contributed by atoms with van der Waals surface area (Å²) in [6.07, 6.45) is 2.46. The number of hydrogen-bond donors (Lipinski definition) is 1. The Morgan fingerprint density at radius 1 is 1.06 bits per heavy atom. The Hall–Kier alpha value is -2.81. The van der Waals surface area contributed by atoms with E-state index in [-0.39, 0.29) is 6.10 Å². The number of nitrogens with one attached hydrogen (secondary N) is 1. The molecule has 0 spiro atoms. The zero-order chi connectivity index (χ0) is 24.8. The molecule has 1 saturated heterocycles. The number of benzene rings is 2. The number of likely N-dealkylation sites (N-methyl/N-ethyl adjacent to an activating group) is 1. The Labute approximate surface area is 212 Å². The number of aromatic nitrogens is 2. The second kappa shape index (κ2) is 11.7. The number of rotatable bonds is 10. The Bertz CT molecular complexity index is 1140. The van der Waals surface area contributed by atoms with Crippen molar-refractivity contribution in [2.75, 3.05) is 58.8 Å². The Kier molecular flexibility index (Phi) is 8.49. The Morgan fingerprint density at radius 3 is 2.60 bits per heavy atom. The predicted molar refractivity (Wildman–Crippen MR) is 141 cm³/mol. The zero-order valence-electron chi connectivity index (χ0n) is 20.9. The third-order valence-electron chi connectivity index (χ3n) is 5.95. The number of methoxy groups -OCH3 is 1. The smallest absolute Gasteiger partial charge is 0.145 e. The molecule has 0 bridgehead atoms. The first-order chi connectivity index (χ1) is 16.9. The molecular formula is C26H34ClN5O3. The number of piperazine rings is 1. The molecule has 2 heterocycles. The summed E-state index contributed by atoms with van der Waals surface area (Å²) >= 11 is 6.42. The first-order valence-electron chi connectivity index (χ1n) is 12.0. The van der Waals surface area contributed by atoms with Crippen molar-refractivity contribution in [1.29, 1.82) is 0 Å². The van der Waals surface area contributed by atoms with Gasteiger partial charge in [0.15, 0.2) is 0 Å². The van der Waals surface area contributed by atoms with Gasteiger partial charge in [-0.3, -0.25) is 0 Å². The van der Waals surface area contributed by atoms with Crippen LogP contribution in [0.4, 0.5) is 11.5 Å². The Balaban J connectivity index is 1.53. The quantitative estimate of drug-likeness (QED) is 0.397. The minimum Gasteiger partial charge on any atom is -0.497 e. The molecule has 3 aromatic rings. The van der Waals surface area contributed by atoms with E-state index in [2.05, 4.69) is 32.1 Å². The van der Waals surface area contributed by atoms with Gasteiger partial charge in [0.05, 0.1) is 41.4 Å². The van der Waals surface area contributed by atoms with Crippen molar-refractivity contribution in [1.82, 2.24) is 19.8 Å². The monoisotopic (exact) mass is 499 g/mol. The van der Waals surface area contributed by atoms with Gasteiger partial charge >= 0.3 is 0 Å². The van der Waals surface area contributed by atoms with E-state index in [4.69, 9.17) is 25.8 Å². The number of ether oxygens (including phenoxy) is 3. The van der Waals surface area contributed by atoms with E-state index >= 15 is 0 Å². The molecule has 2 aromatic carbocycles. The zero-order valence-corrected chi connectivity index (χ0v) is 21.6. The van der Waals surface area contributed by atoms with Crippen LogP contribution in [0.25, 0.3) is 10.9 Å². The van der Waals surface area contributed by atoms with Crippen LogP contribution in [0.1, 0.15) is 20.3 Å². The van der Waals surface area contributed by atoms with Gasteiger partial charge in [-0.2, -0.15) is 0 Å². The van der Waals surface area contributed by atoms with Crippen LogP contribution in [-0.4, -0.2) is 79.4 Å². The minimum atomic E-state index is -0.0286. The van der Waals surface area contributed by atoms with Gasteiger partial charge in [-0.05, 0) is 39.4 Å². The number of halogens is 1. The number of hydrogen-bond acceptors (Lipinski definition) is 8. The summed E-state index contributed by atoms with van der Waals surface area (Å²) in [6, 6.07) is 9.27. The summed E-state index contributed by atoms with van der Waals surface area (Å²) in [5.74, 6) is 2.69. The topological polar surface area (TPSA) is 72.0 Å². The van der Waals surface area contributed by atoms with E-state index in [0.29, 0.717) is 34.6 Å². The van der Waals surface area contributed by atoms with E-state index in [1.165, 1.54) is 6.33 Å². The van der Waals surface area contributed by atoms with Crippen molar-refractivity contribution < 1.29 is 14.2 Å². The maximum atomic E-state index is 6.42. The van der Waals surface area contributed by atoms with Crippen LogP contribution in [0.15, 0.2) is 36.7 Å². The van der Waals surface area contributed by atoms with Crippen LogP contribution < -0.4 is 19.5 Å². The van der Waals surface area contributed by atoms with Crippen LogP contribution in [0.2, 0.25) is 5.02 Å². The highest BCUT2D eigenvalue weighted by Crippen LogP contribution is 2.37. The van der Waals surface area contributed by atoms with Gasteiger partial charge in [0.2, 0.25) is 0 Å². The van der Waals surface area contributed by atoms with E-state index in [1.807, 2.05) is 38.1 Å². The summed E-state index contributed by atoms with van der Waals surface area (Å²) in [5, 5.41) is 4.65. The molecular weight excluding hydrogens is 466 g/mol. The molecule has 1 N–H and O–H groups in total. The van der Waals surface area contributed by atoms with E-state index < -0.39 is 0 Å². The third kappa shape index (κ3) is 6.66. The molecule has 1 fully saturated rings. The van der Waals surface area contributed by atoms with Crippen LogP contribution in [0.5, 0.6) is 17.2 Å². The molecule has 0 saturated carbocycles. The van der Waals surface area contributed by atoms with Gasteiger partial charge in [-0.15, -0.1) is 0 Å². The molecule has 0 atom stereocenters. The largest absolute Gasteiger partial charge is 0.497 e.